The molecule has 0 aliphatic rings. The number of carbonyl (C=O) groups excluding carboxylic acids is 3. The quantitative estimate of drug-likeness (QED) is 0.390. The lowest BCUT2D eigenvalue weighted by molar-refractivity contribution is -0.111. The van der Waals surface area contributed by atoms with Crippen molar-refractivity contribution in [3.63, 3.8) is 0 Å². The highest BCUT2D eigenvalue weighted by Gasteiger charge is 2.27. The normalized spacial score (nSPS) is 10.6. The molecule has 0 spiro atoms. The van der Waals surface area contributed by atoms with Crippen molar-refractivity contribution < 1.29 is 23.9 Å². The number of nitrogens with one attached hydrogen (secondary N) is 1. The van der Waals surface area contributed by atoms with E-state index in [0.29, 0.717) is 5.56 Å². The third-order valence-electron chi connectivity index (χ3n) is 3.89. The van der Waals surface area contributed by atoms with Gasteiger partial charge in [-0.3, -0.25) is 4.79 Å². The predicted octanol–water partition coefficient (Wildman–Crippen LogP) is 4.54. The van der Waals surface area contributed by atoms with E-state index in [9.17, 15) is 14.4 Å². The highest BCUT2D eigenvalue weighted by Crippen LogP contribution is 2.34. The van der Waals surface area contributed by atoms with Crippen molar-refractivity contribution >= 4 is 40.3 Å². The Bertz CT molecular complexity index is 941. The van der Waals surface area contributed by atoms with Crippen molar-refractivity contribution in [2.45, 2.75) is 20.8 Å². The molecule has 0 saturated carbocycles. The average Bonchev–Trinajstić information content (AvgIpc) is 3.01. The van der Waals surface area contributed by atoms with Crippen LogP contribution >= 0.6 is 11.3 Å². The smallest absolute Gasteiger partial charge is 0.348 e. The Morgan fingerprint density at radius 1 is 1.10 bits per heavy atom. The molecule has 29 heavy (non-hydrogen) atoms. The summed E-state index contributed by atoms with van der Waals surface area (Å²) in [6.45, 7) is 9.00. The summed E-state index contributed by atoms with van der Waals surface area (Å²) in [4.78, 5) is 37.2. The van der Waals surface area contributed by atoms with Gasteiger partial charge in [0, 0.05) is 6.08 Å². The molecular weight excluding hydrogens is 390 g/mol. The van der Waals surface area contributed by atoms with E-state index in [2.05, 4.69) is 11.9 Å². The minimum atomic E-state index is -0.609. The number of carbonyl (C=O) groups is 3. The number of esters is 2. The fourth-order valence-electron chi connectivity index (χ4n) is 2.45. The fourth-order valence-corrected chi connectivity index (χ4v) is 3.54. The van der Waals surface area contributed by atoms with Gasteiger partial charge in [-0.05, 0) is 38.0 Å². The molecule has 0 radical (unpaired) electrons. The van der Waals surface area contributed by atoms with Crippen molar-refractivity contribution in [3.8, 4) is 0 Å². The SMILES string of the molecule is C=CCOC(=O)c1sc(NC(=O)/C=C/c2ccc(C)cc2)c(C(=O)OCC)c1C. The number of anilines is 1. The predicted molar refractivity (Wildman–Crippen MR) is 114 cm³/mol. The molecule has 1 aromatic heterocycles. The summed E-state index contributed by atoms with van der Waals surface area (Å²) < 4.78 is 10.1. The average molecular weight is 413 g/mol. The van der Waals surface area contributed by atoms with Crippen LogP contribution < -0.4 is 5.32 Å². The highest BCUT2D eigenvalue weighted by molar-refractivity contribution is 7.18. The summed E-state index contributed by atoms with van der Waals surface area (Å²) in [5.74, 6) is -1.63. The van der Waals surface area contributed by atoms with Crippen LogP contribution in [0.15, 0.2) is 43.0 Å². The molecule has 0 atom stereocenters. The maximum atomic E-state index is 12.4. The van der Waals surface area contributed by atoms with Gasteiger partial charge in [-0.25, -0.2) is 9.59 Å². The maximum absolute atomic E-state index is 12.4. The van der Waals surface area contributed by atoms with Crippen molar-refractivity contribution in [1.82, 2.24) is 0 Å². The molecule has 1 amide bonds. The van der Waals surface area contributed by atoms with Crippen LogP contribution in [-0.4, -0.2) is 31.1 Å². The van der Waals surface area contributed by atoms with Crippen molar-refractivity contribution in [1.29, 1.82) is 0 Å². The van der Waals surface area contributed by atoms with E-state index in [0.717, 1.165) is 22.5 Å². The first-order valence-corrected chi connectivity index (χ1v) is 9.83. The topological polar surface area (TPSA) is 81.7 Å². The van der Waals surface area contributed by atoms with E-state index in [1.807, 2.05) is 31.2 Å². The van der Waals surface area contributed by atoms with E-state index >= 15 is 0 Å². The zero-order valence-electron chi connectivity index (χ0n) is 16.6. The second-order valence-corrected chi connectivity index (χ2v) is 7.12. The van der Waals surface area contributed by atoms with E-state index in [1.54, 1.807) is 19.9 Å². The zero-order chi connectivity index (χ0) is 21.4. The van der Waals surface area contributed by atoms with E-state index in [4.69, 9.17) is 9.47 Å². The van der Waals surface area contributed by atoms with Gasteiger partial charge in [-0.2, -0.15) is 0 Å². The molecule has 0 aliphatic heterocycles. The van der Waals surface area contributed by atoms with Crippen LogP contribution in [0.4, 0.5) is 5.00 Å². The van der Waals surface area contributed by atoms with Crippen LogP contribution in [0.25, 0.3) is 6.08 Å². The largest absolute Gasteiger partial charge is 0.462 e. The Labute approximate surface area is 173 Å². The summed E-state index contributed by atoms with van der Waals surface area (Å²) in [6.07, 6.45) is 4.48. The van der Waals surface area contributed by atoms with Crippen LogP contribution in [0.3, 0.4) is 0 Å². The van der Waals surface area contributed by atoms with Crippen LogP contribution in [0.5, 0.6) is 0 Å². The summed E-state index contributed by atoms with van der Waals surface area (Å²) >= 11 is 0.975. The fraction of sp³-hybridized carbons (Fsp3) is 0.227. The van der Waals surface area contributed by atoms with Gasteiger partial charge in [0.25, 0.3) is 0 Å². The molecule has 2 rings (SSSR count). The van der Waals surface area contributed by atoms with Crippen molar-refractivity contribution in [2.75, 3.05) is 18.5 Å². The Balaban J connectivity index is 2.27. The molecule has 1 heterocycles. The van der Waals surface area contributed by atoms with Gasteiger partial charge >= 0.3 is 11.9 Å². The van der Waals surface area contributed by atoms with Gasteiger partial charge in [0.1, 0.15) is 16.5 Å². The Hall–Kier alpha value is -3.19. The monoisotopic (exact) mass is 413 g/mol. The van der Waals surface area contributed by atoms with Crippen LogP contribution in [0, 0.1) is 13.8 Å². The minimum Gasteiger partial charge on any atom is -0.462 e. The standard InChI is InChI=1S/C22H23NO5S/c1-5-13-28-22(26)19-15(4)18(21(25)27-6-2)20(29-19)23-17(24)12-11-16-9-7-14(3)8-10-16/h5,7-12H,1,6,13H2,2-4H3,(H,23,24)/b12-11+. The molecule has 1 N–H and O–H groups in total. The number of hydrogen-bond donors (Lipinski definition) is 1. The zero-order valence-corrected chi connectivity index (χ0v) is 17.4. The molecular formula is C22H23NO5S. The lowest BCUT2D eigenvalue weighted by Gasteiger charge is -2.05. The van der Waals surface area contributed by atoms with Crippen molar-refractivity contribution in [3.05, 3.63) is 70.1 Å². The third kappa shape index (κ3) is 5.89. The van der Waals surface area contributed by atoms with Crippen LogP contribution in [-0.2, 0) is 14.3 Å². The second-order valence-electron chi connectivity index (χ2n) is 6.10. The number of benzene rings is 1. The Kier molecular flexibility index (Phi) is 7.91. The number of hydrogen-bond acceptors (Lipinski definition) is 6. The first-order chi connectivity index (χ1) is 13.9. The first-order valence-electron chi connectivity index (χ1n) is 9.01. The third-order valence-corrected chi connectivity index (χ3v) is 5.07. The van der Waals surface area contributed by atoms with Gasteiger partial charge in [-0.15, -0.1) is 11.3 Å². The summed E-state index contributed by atoms with van der Waals surface area (Å²) in [7, 11) is 0. The maximum Gasteiger partial charge on any atom is 0.348 e. The number of amides is 1. The molecule has 0 unspecified atom stereocenters. The van der Waals surface area contributed by atoms with Crippen molar-refractivity contribution in [2.24, 2.45) is 0 Å². The number of aryl methyl sites for hydroxylation is 1. The first kappa shape index (κ1) is 22.1. The highest BCUT2D eigenvalue weighted by atomic mass is 32.1. The molecule has 1 aromatic carbocycles. The molecule has 0 saturated heterocycles. The molecule has 0 fully saturated rings. The lowest BCUT2D eigenvalue weighted by Crippen LogP contribution is -2.13. The molecule has 6 nitrogen and oxygen atoms in total. The van der Waals surface area contributed by atoms with Crippen LogP contribution in [0.2, 0.25) is 0 Å². The Morgan fingerprint density at radius 2 is 1.79 bits per heavy atom. The van der Waals surface area contributed by atoms with E-state index in [1.165, 1.54) is 12.2 Å². The molecule has 7 heteroatoms. The van der Waals surface area contributed by atoms with Crippen LogP contribution in [0.1, 0.15) is 43.6 Å². The van der Waals surface area contributed by atoms with E-state index < -0.39 is 17.8 Å². The molecule has 0 bridgehead atoms. The minimum absolute atomic E-state index is 0.0475. The van der Waals surface area contributed by atoms with Gasteiger partial charge in [0.2, 0.25) is 5.91 Å². The van der Waals surface area contributed by atoms with Gasteiger partial charge in [-0.1, -0.05) is 42.5 Å². The van der Waals surface area contributed by atoms with E-state index in [-0.39, 0.29) is 28.7 Å². The molecule has 152 valence electrons. The summed E-state index contributed by atoms with van der Waals surface area (Å²) in [5.41, 5.74) is 2.54. The van der Waals surface area contributed by atoms with Gasteiger partial charge in [0.05, 0.1) is 12.2 Å². The second kappa shape index (κ2) is 10.4. The summed E-state index contributed by atoms with van der Waals surface area (Å²) in [6, 6.07) is 7.68. The van der Waals surface area contributed by atoms with Gasteiger partial charge in [0.15, 0.2) is 0 Å². The molecule has 2 aromatic rings. The number of ether oxygens (including phenoxy) is 2. The number of rotatable bonds is 8. The van der Waals surface area contributed by atoms with Gasteiger partial charge < -0.3 is 14.8 Å². The summed E-state index contributed by atoms with van der Waals surface area (Å²) in [5, 5.41) is 2.91. The molecule has 0 aliphatic carbocycles. The lowest BCUT2D eigenvalue weighted by atomic mass is 10.1. The Morgan fingerprint density at radius 3 is 2.41 bits per heavy atom. The number of thiophene rings is 1.